The molecule has 0 atom stereocenters. The largest absolute Gasteiger partial charge is 0.366 e. The molecule has 1 N–H and O–H groups in total. The molecule has 0 rings (SSSR count). The number of hydrogen-bond acceptors (Lipinski definition) is 2. The van der Waals surface area contributed by atoms with Crippen molar-refractivity contribution in [1.82, 2.24) is 10.2 Å². The van der Waals surface area contributed by atoms with Gasteiger partial charge in [0.2, 0.25) is 0 Å². The summed E-state index contributed by atoms with van der Waals surface area (Å²) >= 11 is 0. The molecule has 7 nitrogen and oxygen atoms in total. The van der Waals surface area contributed by atoms with Crippen molar-refractivity contribution in [1.29, 1.82) is 0 Å². The Balaban J connectivity index is 4.68. The zero-order chi connectivity index (χ0) is 11.1. The summed E-state index contributed by atoms with van der Waals surface area (Å²) in [5, 5.41) is 15.2. The van der Waals surface area contributed by atoms with Crippen LogP contribution in [0.2, 0.25) is 0 Å². The molecule has 7 heteroatoms. The second-order valence-electron chi connectivity index (χ2n) is 2.75. The summed E-state index contributed by atoms with van der Waals surface area (Å²) in [6.45, 7) is 4.10. The van der Waals surface area contributed by atoms with Gasteiger partial charge in [-0.1, -0.05) is 0 Å². The highest BCUT2D eigenvalue weighted by atomic mass is 16.7. The van der Waals surface area contributed by atoms with Crippen molar-refractivity contribution in [2.45, 2.75) is 13.8 Å². The van der Waals surface area contributed by atoms with E-state index in [1.165, 1.54) is 0 Å². The summed E-state index contributed by atoms with van der Waals surface area (Å²) in [6, 6.07) is 0. The van der Waals surface area contributed by atoms with Gasteiger partial charge in [-0.15, -0.1) is 0 Å². The molecule has 0 aromatic rings. The van der Waals surface area contributed by atoms with Crippen LogP contribution in [0.25, 0.3) is 0 Å². The number of nitro groups is 1. The summed E-state index contributed by atoms with van der Waals surface area (Å²) in [5.41, 5.74) is 0. The lowest BCUT2D eigenvalue weighted by molar-refractivity contribution is -0.485. The van der Waals surface area contributed by atoms with Crippen LogP contribution in [-0.2, 0) is 0 Å². The molecule has 80 valence electrons. The van der Waals surface area contributed by atoms with Crippen LogP contribution in [0.1, 0.15) is 13.8 Å². The third-order valence-corrected chi connectivity index (χ3v) is 1.43. The Bertz CT molecular complexity index is 259. The van der Waals surface area contributed by atoms with E-state index >= 15 is 0 Å². The first-order valence-electron chi connectivity index (χ1n) is 4.16. The van der Waals surface area contributed by atoms with Gasteiger partial charge in [-0.25, -0.2) is 10.1 Å². The van der Waals surface area contributed by atoms with Crippen molar-refractivity contribution in [2.75, 3.05) is 20.6 Å². The molecule has 0 aliphatic rings. The van der Waals surface area contributed by atoms with Crippen LogP contribution in [-0.4, -0.2) is 42.4 Å². The third-order valence-electron chi connectivity index (χ3n) is 1.43. The smallest absolute Gasteiger partial charge is 0.296 e. The van der Waals surface area contributed by atoms with Gasteiger partial charge in [-0.3, -0.25) is 0 Å². The van der Waals surface area contributed by atoms with Gasteiger partial charge in [0.25, 0.3) is 5.96 Å². The van der Waals surface area contributed by atoms with Crippen molar-refractivity contribution in [3.63, 3.8) is 0 Å². The molecule has 0 fully saturated rings. The van der Waals surface area contributed by atoms with E-state index in [1.807, 2.05) is 6.92 Å². The lowest BCUT2D eigenvalue weighted by atomic mass is 10.6. The van der Waals surface area contributed by atoms with Crippen LogP contribution in [0.15, 0.2) is 10.1 Å². The fraction of sp³-hybridized carbons (Fsp3) is 0.714. The van der Waals surface area contributed by atoms with Crippen molar-refractivity contribution < 1.29 is 5.03 Å². The van der Waals surface area contributed by atoms with E-state index in [9.17, 15) is 10.1 Å². The maximum Gasteiger partial charge on any atom is 0.296 e. The van der Waals surface area contributed by atoms with Gasteiger partial charge in [0.05, 0.1) is 0 Å². The summed E-state index contributed by atoms with van der Waals surface area (Å²) in [6.07, 6.45) is 0. The number of nitrogens with zero attached hydrogens (tertiary/aromatic N) is 4. The van der Waals surface area contributed by atoms with Gasteiger partial charge in [0.1, 0.15) is 10.9 Å². The first-order valence-corrected chi connectivity index (χ1v) is 4.16. The average molecular weight is 201 g/mol. The van der Waals surface area contributed by atoms with Crippen LogP contribution >= 0.6 is 0 Å². The number of amidine groups is 1. The second kappa shape index (κ2) is 5.90. The fourth-order valence-electron chi connectivity index (χ4n) is 0.586. The summed E-state index contributed by atoms with van der Waals surface area (Å²) < 4.78 is 0. The molecule has 0 saturated heterocycles. The zero-order valence-electron chi connectivity index (χ0n) is 8.81. The first kappa shape index (κ1) is 12.3. The standard InChI is InChI=1S/C7H15N5O2/c1-5-8-7(10-12(13)14)9-6(2)11(3)4/h5H2,1-4H3,(H,8,10)/b9-6-. The van der Waals surface area contributed by atoms with E-state index in [0.717, 1.165) is 0 Å². The predicted molar refractivity (Wildman–Crippen MR) is 54.9 cm³/mol. The van der Waals surface area contributed by atoms with E-state index in [-0.39, 0.29) is 5.96 Å². The molecule has 0 amide bonds. The molecule has 0 radical (unpaired) electrons. The lowest BCUT2D eigenvalue weighted by Gasteiger charge is -2.10. The number of rotatable bonds is 2. The van der Waals surface area contributed by atoms with Crippen molar-refractivity contribution in [3.05, 3.63) is 10.1 Å². The van der Waals surface area contributed by atoms with Gasteiger partial charge in [-0.2, -0.15) is 4.99 Å². The SMILES string of the molecule is CCNC(/N=C(/C)N(C)C)=N\[N+](=O)[O-]. The van der Waals surface area contributed by atoms with Crippen LogP contribution in [0.5, 0.6) is 0 Å². The maximum absolute atomic E-state index is 10.1. The zero-order valence-corrected chi connectivity index (χ0v) is 8.81. The Labute approximate surface area is 82.7 Å². The highest BCUT2D eigenvalue weighted by Crippen LogP contribution is 1.86. The second-order valence-corrected chi connectivity index (χ2v) is 2.75. The van der Waals surface area contributed by atoms with Crippen LogP contribution in [0, 0.1) is 10.1 Å². The molecule has 14 heavy (non-hydrogen) atoms. The Kier molecular flexibility index (Phi) is 5.20. The molecule has 0 aromatic carbocycles. The van der Waals surface area contributed by atoms with Crippen molar-refractivity contribution in [3.8, 4) is 0 Å². The number of nitrogens with one attached hydrogen (secondary N) is 1. The summed E-state index contributed by atoms with van der Waals surface area (Å²) in [5.74, 6) is 0.662. The molecular weight excluding hydrogens is 186 g/mol. The molecule has 0 bridgehead atoms. The van der Waals surface area contributed by atoms with E-state index in [4.69, 9.17) is 0 Å². The van der Waals surface area contributed by atoms with E-state index in [0.29, 0.717) is 12.4 Å². The minimum absolute atomic E-state index is 0.0173. The van der Waals surface area contributed by atoms with Crippen molar-refractivity contribution in [2.24, 2.45) is 10.1 Å². The fourth-order valence-corrected chi connectivity index (χ4v) is 0.586. The van der Waals surface area contributed by atoms with Gasteiger partial charge in [0.15, 0.2) is 5.03 Å². The number of hydrazone groups is 1. The topological polar surface area (TPSA) is 83.1 Å². The average Bonchev–Trinajstić information content (AvgIpc) is 2.02. The van der Waals surface area contributed by atoms with E-state index in [2.05, 4.69) is 15.4 Å². The number of guanidine groups is 1. The lowest BCUT2D eigenvalue weighted by Crippen LogP contribution is -2.27. The highest BCUT2D eigenvalue weighted by molar-refractivity contribution is 5.94. The van der Waals surface area contributed by atoms with Gasteiger partial charge in [-0.05, 0) is 13.8 Å². The summed E-state index contributed by atoms with van der Waals surface area (Å²) in [4.78, 5) is 15.8. The minimum atomic E-state index is -0.773. The Morgan fingerprint density at radius 3 is 2.50 bits per heavy atom. The minimum Gasteiger partial charge on any atom is -0.366 e. The molecule has 0 unspecified atom stereocenters. The molecule has 0 aromatic heterocycles. The molecule has 0 aliphatic heterocycles. The maximum atomic E-state index is 10.1. The van der Waals surface area contributed by atoms with Gasteiger partial charge >= 0.3 is 0 Å². The summed E-state index contributed by atoms with van der Waals surface area (Å²) in [7, 11) is 3.60. The van der Waals surface area contributed by atoms with E-state index < -0.39 is 5.03 Å². The third kappa shape index (κ3) is 5.07. The molecule has 0 saturated carbocycles. The van der Waals surface area contributed by atoms with Crippen LogP contribution in [0.4, 0.5) is 0 Å². The Hall–Kier alpha value is -1.66. The normalized spacial score (nSPS) is 12.6. The Morgan fingerprint density at radius 1 is 1.57 bits per heavy atom. The van der Waals surface area contributed by atoms with E-state index in [1.54, 1.807) is 25.9 Å². The number of aliphatic imine (C=N–C) groups is 1. The van der Waals surface area contributed by atoms with Gasteiger partial charge < -0.3 is 10.2 Å². The molecule has 0 heterocycles. The predicted octanol–water partition coefficient (Wildman–Crippen LogP) is 0.124. The Morgan fingerprint density at radius 2 is 2.14 bits per heavy atom. The van der Waals surface area contributed by atoms with Crippen molar-refractivity contribution >= 4 is 11.8 Å². The van der Waals surface area contributed by atoms with Gasteiger partial charge in [0, 0.05) is 20.6 Å². The number of hydrogen-bond donors (Lipinski definition) is 1. The quantitative estimate of drug-likeness (QED) is 0.298. The van der Waals surface area contributed by atoms with Crippen LogP contribution in [0.3, 0.4) is 0 Å². The highest BCUT2D eigenvalue weighted by Gasteiger charge is 2.03. The first-order chi connectivity index (χ1) is 6.47. The molecular formula is C7H15N5O2. The van der Waals surface area contributed by atoms with Crippen LogP contribution < -0.4 is 5.32 Å². The monoisotopic (exact) mass is 201 g/mol. The molecule has 0 aliphatic carbocycles. The molecule has 0 spiro atoms.